The number of rotatable bonds is 7. The van der Waals surface area contributed by atoms with Crippen molar-refractivity contribution in [1.29, 1.82) is 0 Å². The van der Waals surface area contributed by atoms with Gasteiger partial charge in [-0.15, -0.1) is 0 Å². The molecule has 1 amide bonds. The Bertz CT molecular complexity index is 979. The summed E-state index contributed by atoms with van der Waals surface area (Å²) in [6.45, 7) is 5.04. The first-order valence-electron chi connectivity index (χ1n) is 9.09. The van der Waals surface area contributed by atoms with E-state index in [0.717, 1.165) is 22.5 Å². The van der Waals surface area contributed by atoms with E-state index in [0.29, 0.717) is 30.2 Å². The average Bonchev–Trinajstić information content (AvgIpc) is 3.02. The normalized spacial score (nSPS) is 10.6. The van der Waals surface area contributed by atoms with Crippen LogP contribution in [-0.2, 0) is 13.1 Å². The standard InChI is InChI=1S/C22H25N3O3/c1-15-10-16(2)25(24-15)14-18-6-5-7-19(11-18)22(26)23-13-17-8-9-20(27-3)21(12-17)28-4/h5-12H,13-14H2,1-4H3,(H,23,26). The number of methoxy groups -OCH3 is 2. The third-order valence-electron chi connectivity index (χ3n) is 4.53. The van der Waals surface area contributed by atoms with Crippen LogP contribution < -0.4 is 14.8 Å². The van der Waals surface area contributed by atoms with E-state index in [-0.39, 0.29) is 5.91 Å². The van der Waals surface area contributed by atoms with Crippen LogP contribution in [0.3, 0.4) is 0 Å². The van der Waals surface area contributed by atoms with E-state index in [1.807, 2.05) is 67.1 Å². The number of ether oxygens (including phenoxy) is 2. The number of hydrogen-bond donors (Lipinski definition) is 1. The molecule has 0 radical (unpaired) electrons. The Kier molecular flexibility index (Phi) is 5.99. The zero-order valence-corrected chi connectivity index (χ0v) is 16.7. The van der Waals surface area contributed by atoms with Gasteiger partial charge < -0.3 is 14.8 Å². The summed E-state index contributed by atoms with van der Waals surface area (Å²) in [4.78, 5) is 12.6. The lowest BCUT2D eigenvalue weighted by Gasteiger charge is -2.11. The molecule has 1 aromatic heterocycles. The second-order valence-electron chi connectivity index (χ2n) is 6.66. The van der Waals surface area contributed by atoms with Gasteiger partial charge in [0.05, 0.1) is 26.5 Å². The van der Waals surface area contributed by atoms with Gasteiger partial charge in [0.2, 0.25) is 0 Å². The molecule has 1 heterocycles. The Morgan fingerprint density at radius 1 is 1.00 bits per heavy atom. The van der Waals surface area contributed by atoms with Crippen molar-refractivity contribution in [1.82, 2.24) is 15.1 Å². The highest BCUT2D eigenvalue weighted by atomic mass is 16.5. The molecular weight excluding hydrogens is 354 g/mol. The molecule has 0 spiro atoms. The van der Waals surface area contributed by atoms with Crippen molar-refractivity contribution in [3.8, 4) is 11.5 Å². The zero-order valence-electron chi connectivity index (χ0n) is 16.7. The number of amides is 1. The third kappa shape index (κ3) is 4.52. The van der Waals surface area contributed by atoms with Gasteiger partial charge in [-0.1, -0.05) is 18.2 Å². The lowest BCUT2D eigenvalue weighted by atomic mass is 10.1. The Labute approximate surface area is 165 Å². The molecule has 2 aromatic carbocycles. The van der Waals surface area contributed by atoms with Crippen molar-refractivity contribution in [3.63, 3.8) is 0 Å². The maximum atomic E-state index is 12.6. The molecule has 0 atom stereocenters. The van der Waals surface area contributed by atoms with E-state index in [4.69, 9.17) is 9.47 Å². The van der Waals surface area contributed by atoms with Gasteiger partial charge in [-0.05, 0) is 55.3 Å². The number of carbonyl (C=O) groups excluding carboxylic acids is 1. The van der Waals surface area contributed by atoms with Gasteiger partial charge in [0.15, 0.2) is 11.5 Å². The summed E-state index contributed by atoms with van der Waals surface area (Å²) in [5.41, 5.74) is 4.68. The van der Waals surface area contributed by atoms with Gasteiger partial charge in [-0.2, -0.15) is 5.10 Å². The zero-order chi connectivity index (χ0) is 20.1. The number of carbonyl (C=O) groups is 1. The fourth-order valence-corrected chi connectivity index (χ4v) is 3.09. The summed E-state index contributed by atoms with van der Waals surface area (Å²) in [6, 6.07) is 15.2. The maximum absolute atomic E-state index is 12.6. The monoisotopic (exact) mass is 379 g/mol. The summed E-state index contributed by atoms with van der Waals surface area (Å²) in [6.07, 6.45) is 0. The quantitative estimate of drug-likeness (QED) is 0.682. The van der Waals surface area contributed by atoms with Crippen molar-refractivity contribution in [2.24, 2.45) is 0 Å². The molecule has 1 N–H and O–H groups in total. The number of hydrogen-bond acceptors (Lipinski definition) is 4. The molecule has 28 heavy (non-hydrogen) atoms. The van der Waals surface area contributed by atoms with Crippen molar-refractivity contribution < 1.29 is 14.3 Å². The smallest absolute Gasteiger partial charge is 0.251 e. The van der Waals surface area contributed by atoms with Gasteiger partial charge in [-0.3, -0.25) is 9.48 Å². The van der Waals surface area contributed by atoms with Crippen LogP contribution in [-0.4, -0.2) is 29.9 Å². The summed E-state index contributed by atoms with van der Waals surface area (Å²) >= 11 is 0. The summed E-state index contributed by atoms with van der Waals surface area (Å²) < 4.78 is 12.5. The third-order valence-corrected chi connectivity index (χ3v) is 4.53. The van der Waals surface area contributed by atoms with Crippen molar-refractivity contribution in [2.75, 3.05) is 14.2 Å². The minimum Gasteiger partial charge on any atom is -0.493 e. The van der Waals surface area contributed by atoms with Crippen LogP contribution >= 0.6 is 0 Å². The predicted octanol–water partition coefficient (Wildman–Crippen LogP) is 3.50. The number of aromatic nitrogens is 2. The second-order valence-corrected chi connectivity index (χ2v) is 6.66. The molecule has 3 aromatic rings. The number of aryl methyl sites for hydroxylation is 2. The minimum absolute atomic E-state index is 0.120. The van der Waals surface area contributed by atoms with Crippen molar-refractivity contribution >= 4 is 5.91 Å². The average molecular weight is 379 g/mol. The summed E-state index contributed by atoms with van der Waals surface area (Å²) in [7, 11) is 3.19. The van der Waals surface area contributed by atoms with Gasteiger partial charge in [-0.25, -0.2) is 0 Å². The Hall–Kier alpha value is -3.28. The fraction of sp³-hybridized carbons (Fsp3) is 0.273. The topological polar surface area (TPSA) is 65.4 Å². The highest BCUT2D eigenvalue weighted by molar-refractivity contribution is 5.94. The van der Waals surface area contributed by atoms with Crippen LogP contribution in [0.1, 0.15) is 32.9 Å². The van der Waals surface area contributed by atoms with Crippen LogP contribution in [0, 0.1) is 13.8 Å². The highest BCUT2D eigenvalue weighted by Crippen LogP contribution is 2.27. The molecule has 0 aliphatic heterocycles. The lowest BCUT2D eigenvalue weighted by Crippen LogP contribution is -2.23. The maximum Gasteiger partial charge on any atom is 0.251 e. The van der Waals surface area contributed by atoms with Crippen LogP contribution in [0.2, 0.25) is 0 Å². The first kappa shape index (κ1) is 19.5. The SMILES string of the molecule is COc1ccc(CNC(=O)c2cccc(Cn3nc(C)cc3C)c2)cc1OC. The highest BCUT2D eigenvalue weighted by Gasteiger charge is 2.09. The molecule has 6 nitrogen and oxygen atoms in total. The van der Waals surface area contributed by atoms with E-state index in [1.54, 1.807) is 14.2 Å². The molecule has 6 heteroatoms. The number of nitrogens with zero attached hydrogens (tertiary/aromatic N) is 2. The van der Waals surface area contributed by atoms with E-state index in [9.17, 15) is 4.79 Å². The lowest BCUT2D eigenvalue weighted by molar-refractivity contribution is 0.0950. The predicted molar refractivity (Wildman–Crippen MR) is 108 cm³/mol. The van der Waals surface area contributed by atoms with Gasteiger partial charge in [0, 0.05) is 17.8 Å². The molecule has 0 saturated carbocycles. The number of benzene rings is 2. The molecule has 0 bridgehead atoms. The molecule has 0 unspecified atom stereocenters. The van der Waals surface area contributed by atoms with Crippen LogP contribution in [0.25, 0.3) is 0 Å². The first-order chi connectivity index (χ1) is 13.5. The fourth-order valence-electron chi connectivity index (χ4n) is 3.09. The van der Waals surface area contributed by atoms with Crippen LogP contribution in [0.5, 0.6) is 11.5 Å². The van der Waals surface area contributed by atoms with Crippen LogP contribution in [0.15, 0.2) is 48.5 Å². The Morgan fingerprint density at radius 2 is 1.79 bits per heavy atom. The molecule has 0 aliphatic carbocycles. The van der Waals surface area contributed by atoms with Crippen LogP contribution in [0.4, 0.5) is 0 Å². The number of nitrogens with one attached hydrogen (secondary N) is 1. The minimum atomic E-state index is -0.120. The van der Waals surface area contributed by atoms with Gasteiger partial charge >= 0.3 is 0 Å². The van der Waals surface area contributed by atoms with E-state index < -0.39 is 0 Å². The molecule has 0 aliphatic rings. The van der Waals surface area contributed by atoms with E-state index in [2.05, 4.69) is 10.4 Å². The van der Waals surface area contributed by atoms with Gasteiger partial charge in [0.25, 0.3) is 5.91 Å². The van der Waals surface area contributed by atoms with Crippen molar-refractivity contribution in [3.05, 3.63) is 76.6 Å². The van der Waals surface area contributed by atoms with Gasteiger partial charge in [0.1, 0.15) is 0 Å². The van der Waals surface area contributed by atoms with E-state index >= 15 is 0 Å². The molecule has 3 rings (SSSR count). The van der Waals surface area contributed by atoms with E-state index in [1.165, 1.54) is 0 Å². The molecular formula is C22H25N3O3. The summed E-state index contributed by atoms with van der Waals surface area (Å²) in [5.74, 6) is 1.18. The molecule has 0 fully saturated rings. The largest absolute Gasteiger partial charge is 0.493 e. The molecule has 146 valence electrons. The first-order valence-corrected chi connectivity index (χ1v) is 9.09. The Balaban J connectivity index is 1.67. The molecule has 0 saturated heterocycles. The summed E-state index contributed by atoms with van der Waals surface area (Å²) in [5, 5.41) is 7.43. The second kappa shape index (κ2) is 8.61. The Morgan fingerprint density at radius 3 is 2.46 bits per heavy atom. The van der Waals surface area contributed by atoms with Crippen molar-refractivity contribution in [2.45, 2.75) is 26.9 Å².